The Labute approximate surface area is 122 Å². The lowest BCUT2D eigenvalue weighted by Gasteiger charge is -2.14. The van der Waals surface area contributed by atoms with Crippen molar-refractivity contribution in [2.24, 2.45) is 5.73 Å². The van der Waals surface area contributed by atoms with Crippen molar-refractivity contribution in [2.45, 2.75) is 13.0 Å². The minimum absolute atomic E-state index is 0.0500. The number of benzene rings is 2. The van der Waals surface area contributed by atoms with Crippen LogP contribution in [0.5, 0.6) is 11.5 Å². The summed E-state index contributed by atoms with van der Waals surface area (Å²) in [6.45, 7) is 2.54. The molecule has 1 unspecified atom stereocenters. The van der Waals surface area contributed by atoms with Crippen LogP contribution < -0.4 is 15.2 Å². The second kappa shape index (κ2) is 7.04. The number of hydrogen-bond acceptors (Lipinski definition) is 3. The third kappa shape index (κ3) is 4.16. The zero-order valence-electron chi connectivity index (χ0n) is 11.7. The van der Waals surface area contributed by atoms with Gasteiger partial charge in [0.15, 0.2) is 0 Å². The van der Waals surface area contributed by atoms with Gasteiger partial charge in [0.25, 0.3) is 0 Å². The van der Waals surface area contributed by atoms with Gasteiger partial charge < -0.3 is 15.2 Å². The summed E-state index contributed by atoms with van der Waals surface area (Å²) >= 11 is 0. The summed E-state index contributed by atoms with van der Waals surface area (Å²) in [5, 5.41) is 0. The molecular formula is C16H17F2NO2. The third-order valence-electron chi connectivity index (χ3n) is 2.92. The van der Waals surface area contributed by atoms with Crippen LogP contribution in [0.25, 0.3) is 0 Å². The Morgan fingerprint density at radius 1 is 1.00 bits per heavy atom. The fraction of sp³-hybridized carbons (Fsp3) is 0.250. The van der Waals surface area contributed by atoms with Crippen LogP contribution in [0.1, 0.15) is 18.5 Å². The predicted octanol–water partition coefficient (Wildman–Crippen LogP) is 3.44. The van der Waals surface area contributed by atoms with Crippen LogP contribution >= 0.6 is 0 Å². The summed E-state index contributed by atoms with van der Waals surface area (Å²) in [4.78, 5) is 0. The smallest absolute Gasteiger partial charge is 0.128 e. The molecule has 5 heteroatoms. The monoisotopic (exact) mass is 293 g/mol. The highest BCUT2D eigenvalue weighted by Gasteiger charge is 2.13. The number of rotatable bonds is 6. The van der Waals surface area contributed by atoms with Gasteiger partial charge in [0.1, 0.15) is 29.7 Å². The summed E-state index contributed by atoms with van der Waals surface area (Å²) < 4.78 is 37.5. The van der Waals surface area contributed by atoms with Crippen molar-refractivity contribution in [3.8, 4) is 11.5 Å². The number of halogens is 2. The maximum atomic E-state index is 13.6. The molecule has 2 aromatic carbocycles. The van der Waals surface area contributed by atoms with E-state index in [0.29, 0.717) is 12.4 Å². The molecule has 0 amide bonds. The molecule has 0 saturated carbocycles. The maximum Gasteiger partial charge on any atom is 0.128 e. The minimum Gasteiger partial charge on any atom is -0.494 e. The van der Waals surface area contributed by atoms with Gasteiger partial charge in [-0.1, -0.05) is 0 Å². The predicted molar refractivity (Wildman–Crippen MR) is 76.4 cm³/mol. The molecule has 0 fully saturated rings. The molecule has 0 radical (unpaired) electrons. The van der Waals surface area contributed by atoms with E-state index in [2.05, 4.69) is 0 Å². The van der Waals surface area contributed by atoms with Gasteiger partial charge >= 0.3 is 0 Å². The molecule has 0 aliphatic rings. The molecule has 0 spiro atoms. The number of ether oxygens (including phenoxy) is 2. The van der Waals surface area contributed by atoms with Crippen molar-refractivity contribution in [1.82, 2.24) is 0 Å². The summed E-state index contributed by atoms with van der Waals surface area (Å²) in [5.74, 6) is 0.262. The number of nitrogens with two attached hydrogens (primary N) is 1. The second-order valence-electron chi connectivity index (χ2n) is 4.49. The average molecular weight is 293 g/mol. The maximum absolute atomic E-state index is 13.6. The third-order valence-corrected chi connectivity index (χ3v) is 2.92. The zero-order chi connectivity index (χ0) is 15.2. The second-order valence-corrected chi connectivity index (χ2v) is 4.49. The van der Waals surface area contributed by atoms with Gasteiger partial charge in [-0.25, -0.2) is 8.78 Å². The standard InChI is InChI=1S/C16H17F2NO2/c1-2-20-12-4-6-13(7-5-12)21-10-16(19)14-9-11(17)3-8-15(14)18/h3-9,16H,2,10,19H2,1H3. The van der Waals surface area contributed by atoms with E-state index < -0.39 is 17.7 Å². The lowest BCUT2D eigenvalue weighted by atomic mass is 10.1. The van der Waals surface area contributed by atoms with E-state index in [9.17, 15) is 8.78 Å². The molecule has 21 heavy (non-hydrogen) atoms. The van der Waals surface area contributed by atoms with Gasteiger partial charge in [-0.05, 0) is 49.4 Å². The molecule has 2 N–H and O–H groups in total. The molecule has 0 saturated heterocycles. The van der Waals surface area contributed by atoms with Crippen molar-refractivity contribution in [3.63, 3.8) is 0 Å². The Bertz CT molecular complexity index is 587. The van der Waals surface area contributed by atoms with Crippen LogP contribution in [-0.4, -0.2) is 13.2 Å². The summed E-state index contributed by atoms with van der Waals surface area (Å²) in [6, 6.07) is 9.47. The summed E-state index contributed by atoms with van der Waals surface area (Å²) in [6.07, 6.45) is 0. The molecule has 1 atom stereocenters. The first kappa shape index (κ1) is 15.3. The molecule has 0 bridgehead atoms. The first-order valence-electron chi connectivity index (χ1n) is 6.66. The van der Waals surface area contributed by atoms with E-state index in [1.54, 1.807) is 24.3 Å². The van der Waals surface area contributed by atoms with Gasteiger partial charge in [-0.2, -0.15) is 0 Å². The van der Waals surface area contributed by atoms with Crippen LogP contribution in [0, 0.1) is 11.6 Å². The van der Waals surface area contributed by atoms with Crippen LogP contribution in [0.3, 0.4) is 0 Å². The highest BCUT2D eigenvalue weighted by atomic mass is 19.1. The van der Waals surface area contributed by atoms with Crippen LogP contribution in [-0.2, 0) is 0 Å². The first-order valence-corrected chi connectivity index (χ1v) is 6.66. The zero-order valence-corrected chi connectivity index (χ0v) is 11.7. The summed E-state index contributed by atoms with van der Waals surface area (Å²) in [7, 11) is 0. The van der Waals surface area contributed by atoms with E-state index >= 15 is 0 Å². The molecular weight excluding hydrogens is 276 g/mol. The topological polar surface area (TPSA) is 44.5 Å². The number of hydrogen-bond donors (Lipinski definition) is 1. The molecule has 2 rings (SSSR count). The van der Waals surface area contributed by atoms with E-state index in [1.807, 2.05) is 6.92 Å². The van der Waals surface area contributed by atoms with E-state index in [1.165, 1.54) is 0 Å². The highest BCUT2D eigenvalue weighted by molar-refractivity contribution is 5.31. The van der Waals surface area contributed by atoms with E-state index in [4.69, 9.17) is 15.2 Å². The van der Waals surface area contributed by atoms with Crippen molar-refractivity contribution in [3.05, 3.63) is 59.7 Å². The lowest BCUT2D eigenvalue weighted by molar-refractivity contribution is 0.286. The van der Waals surface area contributed by atoms with Crippen molar-refractivity contribution < 1.29 is 18.3 Å². The molecule has 0 aliphatic heterocycles. The van der Waals surface area contributed by atoms with Gasteiger partial charge in [-0.3, -0.25) is 0 Å². The average Bonchev–Trinajstić information content (AvgIpc) is 2.49. The molecule has 0 heterocycles. The fourth-order valence-electron chi connectivity index (χ4n) is 1.87. The quantitative estimate of drug-likeness (QED) is 0.887. The minimum atomic E-state index is -0.743. The molecule has 2 aromatic rings. The van der Waals surface area contributed by atoms with Crippen molar-refractivity contribution in [1.29, 1.82) is 0 Å². The normalized spacial score (nSPS) is 12.0. The Hall–Kier alpha value is -2.14. The highest BCUT2D eigenvalue weighted by Crippen LogP contribution is 2.20. The Balaban J connectivity index is 1.97. The Morgan fingerprint density at radius 3 is 2.24 bits per heavy atom. The van der Waals surface area contributed by atoms with Gasteiger partial charge in [0, 0.05) is 5.56 Å². The molecule has 0 aliphatic carbocycles. The van der Waals surface area contributed by atoms with E-state index in [0.717, 1.165) is 23.9 Å². The fourth-order valence-corrected chi connectivity index (χ4v) is 1.87. The Morgan fingerprint density at radius 2 is 1.62 bits per heavy atom. The first-order chi connectivity index (χ1) is 10.1. The van der Waals surface area contributed by atoms with Crippen molar-refractivity contribution >= 4 is 0 Å². The lowest BCUT2D eigenvalue weighted by Crippen LogP contribution is -2.20. The van der Waals surface area contributed by atoms with Crippen molar-refractivity contribution in [2.75, 3.05) is 13.2 Å². The van der Waals surface area contributed by atoms with E-state index in [-0.39, 0.29) is 12.2 Å². The SMILES string of the molecule is CCOc1ccc(OCC(N)c2cc(F)ccc2F)cc1. The summed E-state index contributed by atoms with van der Waals surface area (Å²) in [5.41, 5.74) is 5.93. The van der Waals surface area contributed by atoms with Crippen LogP contribution in [0.4, 0.5) is 8.78 Å². The molecule has 112 valence electrons. The molecule has 3 nitrogen and oxygen atoms in total. The molecule has 0 aromatic heterocycles. The van der Waals surface area contributed by atoms with Gasteiger partial charge in [-0.15, -0.1) is 0 Å². The largest absolute Gasteiger partial charge is 0.494 e. The van der Waals surface area contributed by atoms with Crippen LogP contribution in [0.15, 0.2) is 42.5 Å². The van der Waals surface area contributed by atoms with Crippen LogP contribution in [0.2, 0.25) is 0 Å². The van der Waals surface area contributed by atoms with Gasteiger partial charge in [0.2, 0.25) is 0 Å². The Kier molecular flexibility index (Phi) is 5.11. The van der Waals surface area contributed by atoms with Gasteiger partial charge in [0.05, 0.1) is 12.6 Å².